The van der Waals surface area contributed by atoms with Crippen molar-refractivity contribution in [3.63, 3.8) is 0 Å². The summed E-state index contributed by atoms with van der Waals surface area (Å²) in [6.45, 7) is 3.10. The van der Waals surface area contributed by atoms with Crippen LogP contribution in [0.2, 0.25) is 0 Å². The SMILES string of the molecule is CCCC(COC)NC1CCCC1. The largest absolute Gasteiger partial charge is 0.383 e. The normalized spacial score (nSPS) is 20.8. The highest BCUT2D eigenvalue weighted by Crippen LogP contribution is 2.18. The van der Waals surface area contributed by atoms with E-state index in [0.29, 0.717) is 6.04 Å². The molecular formula is C11H23NO. The fourth-order valence-corrected chi connectivity index (χ4v) is 2.19. The van der Waals surface area contributed by atoms with Crippen molar-refractivity contribution in [2.24, 2.45) is 0 Å². The minimum absolute atomic E-state index is 0.582. The van der Waals surface area contributed by atoms with Crippen LogP contribution in [0.25, 0.3) is 0 Å². The molecule has 0 spiro atoms. The molecule has 0 saturated heterocycles. The molecule has 1 unspecified atom stereocenters. The van der Waals surface area contributed by atoms with Crippen LogP contribution in [0.3, 0.4) is 0 Å². The Hall–Kier alpha value is -0.0800. The van der Waals surface area contributed by atoms with Crippen LogP contribution in [0.1, 0.15) is 45.4 Å². The van der Waals surface area contributed by atoms with Crippen molar-refractivity contribution in [3.05, 3.63) is 0 Å². The smallest absolute Gasteiger partial charge is 0.0615 e. The van der Waals surface area contributed by atoms with Crippen molar-refractivity contribution in [2.75, 3.05) is 13.7 Å². The summed E-state index contributed by atoms with van der Waals surface area (Å²) in [4.78, 5) is 0. The summed E-state index contributed by atoms with van der Waals surface area (Å²) in [6, 6.07) is 1.35. The molecule has 0 bridgehead atoms. The van der Waals surface area contributed by atoms with Crippen LogP contribution >= 0.6 is 0 Å². The lowest BCUT2D eigenvalue weighted by Crippen LogP contribution is -2.39. The molecule has 0 aromatic heterocycles. The van der Waals surface area contributed by atoms with Crippen molar-refractivity contribution >= 4 is 0 Å². The van der Waals surface area contributed by atoms with Crippen molar-refractivity contribution in [3.8, 4) is 0 Å². The second-order valence-corrected chi connectivity index (χ2v) is 4.09. The van der Waals surface area contributed by atoms with Gasteiger partial charge in [-0.2, -0.15) is 0 Å². The zero-order valence-corrected chi connectivity index (χ0v) is 9.01. The van der Waals surface area contributed by atoms with Crippen LogP contribution in [0.5, 0.6) is 0 Å². The van der Waals surface area contributed by atoms with Crippen molar-refractivity contribution in [1.29, 1.82) is 0 Å². The summed E-state index contributed by atoms with van der Waals surface area (Å²) in [6.07, 6.45) is 8.03. The third-order valence-electron chi connectivity index (χ3n) is 2.83. The summed E-state index contributed by atoms with van der Waals surface area (Å²) in [5.74, 6) is 0. The second-order valence-electron chi connectivity index (χ2n) is 4.09. The summed E-state index contributed by atoms with van der Waals surface area (Å²) in [5, 5.41) is 3.69. The van der Waals surface area contributed by atoms with Crippen LogP contribution in [0.4, 0.5) is 0 Å². The van der Waals surface area contributed by atoms with Gasteiger partial charge >= 0.3 is 0 Å². The Kier molecular flexibility index (Phi) is 5.40. The molecule has 1 atom stereocenters. The summed E-state index contributed by atoms with van der Waals surface area (Å²) < 4.78 is 5.20. The maximum Gasteiger partial charge on any atom is 0.0615 e. The van der Waals surface area contributed by atoms with Gasteiger partial charge in [0, 0.05) is 19.2 Å². The fourth-order valence-electron chi connectivity index (χ4n) is 2.19. The van der Waals surface area contributed by atoms with E-state index in [-0.39, 0.29) is 0 Å². The molecule has 1 saturated carbocycles. The predicted octanol–water partition coefficient (Wildman–Crippen LogP) is 2.33. The summed E-state index contributed by atoms with van der Waals surface area (Å²) >= 11 is 0. The zero-order valence-electron chi connectivity index (χ0n) is 9.01. The molecule has 0 aromatic carbocycles. The van der Waals surface area contributed by atoms with Gasteiger partial charge in [-0.25, -0.2) is 0 Å². The maximum atomic E-state index is 5.20. The van der Waals surface area contributed by atoms with Crippen molar-refractivity contribution in [2.45, 2.75) is 57.5 Å². The Balaban J connectivity index is 2.19. The van der Waals surface area contributed by atoms with Gasteiger partial charge in [-0.1, -0.05) is 26.2 Å². The number of hydrogen-bond donors (Lipinski definition) is 1. The molecule has 78 valence electrons. The number of methoxy groups -OCH3 is 1. The minimum atomic E-state index is 0.582. The molecule has 0 aliphatic heterocycles. The van der Waals surface area contributed by atoms with Crippen LogP contribution in [-0.4, -0.2) is 25.8 Å². The van der Waals surface area contributed by atoms with Gasteiger partial charge in [-0.05, 0) is 19.3 Å². The predicted molar refractivity (Wildman–Crippen MR) is 56.0 cm³/mol. The van der Waals surface area contributed by atoms with E-state index in [2.05, 4.69) is 12.2 Å². The molecule has 1 aliphatic rings. The first-order chi connectivity index (χ1) is 6.36. The fraction of sp³-hybridized carbons (Fsp3) is 1.00. The molecule has 1 N–H and O–H groups in total. The first kappa shape index (κ1) is 11.0. The highest BCUT2D eigenvalue weighted by atomic mass is 16.5. The van der Waals surface area contributed by atoms with E-state index < -0.39 is 0 Å². The number of nitrogens with one attached hydrogen (secondary N) is 1. The van der Waals surface area contributed by atoms with Gasteiger partial charge in [0.15, 0.2) is 0 Å². The van der Waals surface area contributed by atoms with Gasteiger partial charge in [0.25, 0.3) is 0 Å². The van der Waals surface area contributed by atoms with Gasteiger partial charge < -0.3 is 10.1 Å². The third kappa shape index (κ3) is 4.10. The molecular weight excluding hydrogens is 162 g/mol. The van der Waals surface area contributed by atoms with Gasteiger partial charge in [0.2, 0.25) is 0 Å². The quantitative estimate of drug-likeness (QED) is 0.686. The van der Waals surface area contributed by atoms with Crippen molar-refractivity contribution in [1.82, 2.24) is 5.32 Å². The van der Waals surface area contributed by atoms with E-state index >= 15 is 0 Å². The Morgan fingerprint density at radius 3 is 2.62 bits per heavy atom. The van der Waals surface area contributed by atoms with Crippen molar-refractivity contribution < 1.29 is 4.74 Å². The molecule has 13 heavy (non-hydrogen) atoms. The number of hydrogen-bond acceptors (Lipinski definition) is 2. The zero-order chi connectivity index (χ0) is 9.52. The number of rotatable bonds is 6. The Bertz CT molecular complexity index is 115. The van der Waals surface area contributed by atoms with Gasteiger partial charge in [-0.15, -0.1) is 0 Å². The molecule has 0 radical (unpaired) electrons. The molecule has 0 amide bonds. The summed E-state index contributed by atoms with van der Waals surface area (Å²) in [5.41, 5.74) is 0. The van der Waals surface area contributed by atoms with Crippen LogP contribution in [0, 0.1) is 0 Å². The molecule has 2 heteroatoms. The lowest BCUT2D eigenvalue weighted by Gasteiger charge is -2.21. The number of ether oxygens (including phenoxy) is 1. The topological polar surface area (TPSA) is 21.3 Å². The highest BCUT2D eigenvalue weighted by molar-refractivity contribution is 4.78. The van der Waals surface area contributed by atoms with Gasteiger partial charge in [-0.3, -0.25) is 0 Å². The summed E-state index contributed by atoms with van der Waals surface area (Å²) in [7, 11) is 1.79. The Labute approximate surface area is 82.0 Å². The first-order valence-corrected chi connectivity index (χ1v) is 5.61. The van der Waals surface area contributed by atoms with Gasteiger partial charge in [0.1, 0.15) is 0 Å². The van der Waals surface area contributed by atoms with E-state index in [4.69, 9.17) is 4.74 Å². The minimum Gasteiger partial charge on any atom is -0.383 e. The molecule has 1 fully saturated rings. The Morgan fingerprint density at radius 1 is 1.38 bits per heavy atom. The average Bonchev–Trinajstić information content (AvgIpc) is 2.58. The second kappa shape index (κ2) is 6.39. The first-order valence-electron chi connectivity index (χ1n) is 5.61. The molecule has 0 aromatic rings. The highest BCUT2D eigenvalue weighted by Gasteiger charge is 2.18. The monoisotopic (exact) mass is 185 g/mol. The molecule has 2 nitrogen and oxygen atoms in total. The third-order valence-corrected chi connectivity index (χ3v) is 2.83. The van der Waals surface area contributed by atoms with Crippen LogP contribution in [-0.2, 0) is 4.74 Å². The standard InChI is InChI=1S/C11H23NO/c1-3-6-11(9-13-2)12-10-7-4-5-8-10/h10-12H,3-9H2,1-2H3. The van der Waals surface area contributed by atoms with E-state index in [1.807, 2.05) is 0 Å². The van der Waals surface area contributed by atoms with E-state index in [1.165, 1.54) is 38.5 Å². The molecule has 0 heterocycles. The Morgan fingerprint density at radius 2 is 2.08 bits per heavy atom. The van der Waals surface area contributed by atoms with E-state index in [0.717, 1.165) is 12.6 Å². The van der Waals surface area contributed by atoms with Crippen LogP contribution in [0.15, 0.2) is 0 Å². The molecule has 1 aliphatic carbocycles. The van der Waals surface area contributed by atoms with E-state index in [1.54, 1.807) is 7.11 Å². The van der Waals surface area contributed by atoms with E-state index in [9.17, 15) is 0 Å². The average molecular weight is 185 g/mol. The van der Waals surface area contributed by atoms with Gasteiger partial charge in [0.05, 0.1) is 6.61 Å². The molecule has 1 rings (SSSR count). The lowest BCUT2D eigenvalue weighted by atomic mass is 10.1. The lowest BCUT2D eigenvalue weighted by molar-refractivity contribution is 0.156. The maximum absolute atomic E-state index is 5.20. The van der Waals surface area contributed by atoms with Crippen LogP contribution < -0.4 is 5.32 Å².